The van der Waals surface area contributed by atoms with Gasteiger partial charge in [-0.15, -0.1) is 23.5 Å². The van der Waals surface area contributed by atoms with E-state index in [4.69, 9.17) is 0 Å². The average Bonchev–Trinajstić information content (AvgIpc) is 2.74. The molecule has 4 nitrogen and oxygen atoms in total. The molecule has 6 heteroatoms. The van der Waals surface area contributed by atoms with E-state index >= 15 is 0 Å². The van der Waals surface area contributed by atoms with Gasteiger partial charge >= 0.3 is 6.03 Å². The monoisotopic (exact) mass is 445 g/mol. The Morgan fingerprint density at radius 1 is 1.10 bits per heavy atom. The Balaban J connectivity index is 2.06. The summed E-state index contributed by atoms with van der Waals surface area (Å²) in [6, 6.07) is 10.5. The molecule has 1 aromatic carbocycles. The minimum Gasteiger partial charge on any atom is -0.337 e. The van der Waals surface area contributed by atoms with Gasteiger partial charge in [0.1, 0.15) is 5.03 Å². The molecule has 1 heterocycles. The van der Waals surface area contributed by atoms with Crippen LogP contribution in [0.5, 0.6) is 0 Å². The molecule has 0 saturated heterocycles. The third-order valence-electron chi connectivity index (χ3n) is 5.16. The SMILES string of the molecule is CCCCCCC(CNC(=O)Nc1c(SC)cc(C)nc1SC)c1cccc(C)c1. The summed E-state index contributed by atoms with van der Waals surface area (Å²) in [6.45, 7) is 6.96. The first kappa shape index (κ1) is 24.6. The highest BCUT2D eigenvalue weighted by Gasteiger charge is 2.16. The molecular formula is C24H35N3OS2. The Kier molecular flexibility index (Phi) is 10.6. The normalized spacial score (nSPS) is 11.9. The number of urea groups is 1. The zero-order valence-electron chi connectivity index (χ0n) is 18.9. The van der Waals surface area contributed by atoms with Crippen molar-refractivity contribution in [3.63, 3.8) is 0 Å². The third-order valence-corrected chi connectivity index (χ3v) is 6.60. The van der Waals surface area contributed by atoms with Crippen molar-refractivity contribution in [2.75, 3.05) is 24.4 Å². The molecule has 2 aromatic rings. The third kappa shape index (κ3) is 7.55. The highest BCUT2D eigenvalue weighted by Crippen LogP contribution is 2.33. The lowest BCUT2D eigenvalue weighted by molar-refractivity contribution is 0.251. The van der Waals surface area contributed by atoms with Gasteiger partial charge in [0, 0.05) is 23.1 Å². The molecule has 1 aromatic heterocycles. The van der Waals surface area contributed by atoms with Gasteiger partial charge in [0.25, 0.3) is 0 Å². The molecule has 1 unspecified atom stereocenters. The number of amides is 2. The fraction of sp³-hybridized carbons (Fsp3) is 0.500. The molecule has 0 fully saturated rings. The number of pyridine rings is 1. The maximum absolute atomic E-state index is 12.7. The van der Waals surface area contributed by atoms with Crippen LogP contribution in [-0.2, 0) is 0 Å². The summed E-state index contributed by atoms with van der Waals surface area (Å²) in [6.07, 6.45) is 10.0. The van der Waals surface area contributed by atoms with Crippen LogP contribution in [0.1, 0.15) is 61.8 Å². The van der Waals surface area contributed by atoms with Gasteiger partial charge in [0.05, 0.1) is 5.69 Å². The molecular weight excluding hydrogens is 410 g/mol. The van der Waals surface area contributed by atoms with Crippen molar-refractivity contribution >= 4 is 35.2 Å². The van der Waals surface area contributed by atoms with Crippen molar-refractivity contribution in [1.82, 2.24) is 10.3 Å². The van der Waals surface area contributed by atoms with Crippen LogP contribution in [0.4, 0.5) is 10.5 Å². The van der Waals surface area contributed by atoms with E-state index in [-0.39, 0.29) is 6.03 Å². The molecule has 0 saturated carbocycles. The minimum atomic E-state index is -0.169. The minimum absolute atomic E-state index is 0.169. The number of rotatable bonds is 11. The predicted molar refractivity (Wildman–Crippen MR) is 132 cm³/mol. The Hall–Kier alpha value is -1.66. The second kappa shape index (κ2) is 12.9. The number of carbonyl (C=O) groups is 1. The summed E-state index contributed by atoms with van der Waals surface area (Å²) in [5.41, 5.74) is 4.32. The summed E-state index contributed by atoms with van der Waals surface area (Å²) in [4.78, 5) is 18.4. The smallest absolute Gasteiger partial charge is 0.319 e. The van der Waals surface area contributed by atoms with Crippen LogP contribution in [0.3, 0.4) is 0 Å². The Bertz CT molecular complexity index is 801. The Morgan fingerprint density at radius 3 is 2.57 bits per heavy atom. The molecule has 0 aliphatic heterocycles. The molecule has 0 aliphatic carbocycles. The number of benzene rings is 1. The molecule has 0 spiro atoms. The van der Waals surface area contributed by atoms with Crippen molar-refractivity contribution in [2.45, 2.75) is 68.7 Å². The summed E-state index contributed by atoms with van der Waals surface area (Å²) in [7, 11) is 0. The second-order valence-corrected chi connectivity index (χ2v) is 9.29. The summed E-state index contributed by atoms with van der Waals surface area (Å²) < 4.78 is 0. The van der Waals surface area contributed by atoms with E-state index in [0.29, 0.717) is 12.5 Å². The van der Waals surface area contributed by atoms with E-state index in [2.05, 4.69) is 53.7 Å². The van der Waals surface area contributed by atoms with Crippen LogP contribution in [0, 0.1) is 13.8 Å². The lowest BCUT2D eigenvalue weighted by Gasteiger charge is -2.20. The molecule has 0 aliphatic rings. The molecule has 2 amide bonds. The highest BCUT2D eigenvalue weighted by atomic mass is 32.2. The summed E-state index contributed by atoms with van der Waals surface area (Å²) in [5, 5.41) is 7.01. The number of thioether (sulfide) groups is 2. The van der Waals surface area contributed by atoms with E-state index in [0.717, 1.165) is 27.7 Å². The molecule has 1 atom stereocenters. The van der Waals surface area contributed by atoms with E-state index in [1.165, 1.54) is 36.8 Å². The number of hydrogen-bond acceptors (Lipinski definition) is 4. The van der Waals surface area contributed by atoms with Crippen molar-refractivity contribution in [1.29, 1.82) is 0 Å². The lowest BCUT2D eigenvalue weighted by atomic mass is 9.92. The standard InChI is InChI=1S/C24H35N3OS2/c1-6-7-8-9-12-20(19-13-10-11-17(2)14-19)16-25-24(28)27-22-21(29-4)15-18(3)26-23(22)30-5/h10-11,13-15,20H,6-9,12,16H2,1-5H3,(H2,25,27,28). The number of hydrogen-bond donors (Lipinski definition) is 2. The zero-order chi connectivity index (χ0) is 21.9. The molecule has 2 N–H and O–H groups in total. The van der Waals surface area contributed by atoms with Crippen molar-refractivity contribution in [3.05, 3.63) is 47.2 Å². The summed E-state index contributed by atoms with van der Waals surface area (Å²) >= 11 is 3.18. The summed E-state index contributed by atoms with van der Waals surface area (Å²) in [5.74, 6) is 0.323. The van der Waals surface area contributed by atoms with Gasteiger partial charge < -0.3 is 10.6 Å². The first-order valence-electron chi connectivity index (χ1n) is 10.7. The fourth-order valence-electron chi connectivity index (χ4n) is 3.54. The number of carbonyl (C=O) groups excluding carboxylic acids is 1. The van der Waals surface area contributed by atoms with Gasteiger partial charge in [-0.25, -0.2) is 9.78 Å². The number of nitrogens with one attached hydrogen (secondary N) is 2. The first-order chi connectivity index (χ1) is 14.5. The molecule has 30 heavy (non-hydrogen) atoms. The topological polar surface area (TPSA) is 54.0 Å². The van der Waals surface area contributed by atoms with Gasteiger partial charge in [0.2, 0.25) is 0 Å². The van der Waals surface area contributed by atoms with Gasteiger partial charge in [-0.1, -0.05) is 62.4 Å². The number of aromatic nitrogens is 1. The van der Waals surface area contributed by atoms with E-state index < -0.39 is 0 Å². The van der Waals surface area contributed by atoms with Crippen molar-refractivity contribution < 1.29 is 4.79 Å². The first-order valence-corrected chi connectivity index (χ1v) is 13.1. The maximum Gasteiger partial charge on any atom is 0.319 e. The van der Waals surface area contributed by atoms with Crippen molar-refractivity contribution in [3.8, 4) is 0 Å². The largest absolute Gasteiger partial charge is 0.337 e. The van der Waals surface area contributed by atoms with E-state index in [9.17, 15) is 4.79 Å². The lowest BCUT2D eigenvalue weighted by Crippen LogP contribution is -2.33. The van der Waals surface area contributed by atoms with E-state index in [1.54, 1.807) is 23.5 Å². The van der Waals surface area contributed by atoms with Gasteiger partial charge in [-0.3, -0.25) is 0 Å². The number of aryl methyl sites for hydroxylation is 2. The highest BCUT2D eigenvalue weighted by molar-refractivity contribution is 7.99. The fourth-order valence-corrected chi connectivity index (χ4v) is 4.85. The quantitative estimate of drug-likeness (QED) is 0.288. The van der Waals surface area contributed by atoms with Gasteiger partial charge in [0.15, 0.2) is 0 Å². The van der Waals surface area contributed by atoms with Gasteiger partial charge in [-0.05, 0) is 44.4 Å². The molecule has 164 valence electrons. The van der Waals surface area contributed by atoms with E-state index in [1.807, 2.05) is 25.5 Å². The molecule has 2 rings (SSSR count). The Morgan fingerprint density at radius 2 is 1.90 bits per heavy atom. The second-order valence-electron chi connectivity index (χ2n) is 7.65. The number of anilines is 1. The number of nitrogens with zero attached hydrogens (tertiary/aromatic N) is 1. The van der Waals surface area contributed by atoms with Crippen LogP contribution in [0.2, 0.25) is 0 Å². The van der Waals surface area contributed by atoms with Crippen LogP contribution >= 0.6 is 23.5 Å². The Labute approximate surface area is 190 Å². The molecule has 0 bridgehead atoms. The average molecular weight is 446 g/mol. The van der Waals surface area contributed by atoms with Crippen LogP contribution in [-0.4, -0.2) is 30.1 Å². The van der Waals surface area contributed by atoms with Crippen LogP contribution < -0.4 is 10.6 Å². The maximum atomic E-state index is 12.7. The van der Waals surface area contributed by atoms with Crippen molar-refractivity contribution in [2.24, 2.45) is 0 Å². The predicted octanol–water partition coefficient (Wildman–Crippen LogP) is 7.02. The van der Waals surface area contributed by atoms with Crippen LogP contribution in [0.25, 0.3) is 0 Å². The zero-order valence-corrected chi connectivity index (χ0v) is 20.5. The molecule has 0 radical (unpaired) electrons. The van der Waals surface area contributed by atoms with Gasteiger partial charge in [-0.2, -0.15) is 0 Å². The van der Waals surface area contributed by atoms with Crippen LogP contribution in [0.15, 0.2) is 40.3 Å². The number of unbranched alkanes of at least 4 members (excludes halogenated alkanes) is 3.